The van der Waals surface area contributed by atoms with Crippen LogP contribution in [0.25, 0.3) is 5.57 Å². The lowest BCUT2D eigenvalue weighted by Crippen LogP contribution is -2.09. The summed E-state index contributed by atoms with van der Waals surface area (Å²) in [4.78, 5) is 11.8. The first-order valence-corrected chi connectivity index (χ1v) is 7.02. The molecule has 0 radical (unpaired) electrons. The molecule has 23 heavy (non-hydrogen) atoms. The van der Waals surface area contributed by atoms with Gasteiger partial charge in [0.2, 0.25) is 0 Å². The molecule has 7 heteroatoms. The second-order valence-corrected chi connectivity index (χ2v) is 5.06. The van der Waals surface area contributed by atoms with E-state index in [-0.39, 0.29) is 18.1 Å². The first-order chi connectivity index (χ1) is 10.9. The van der Waals surface area contributed by atoms with Crippen molar-refractivity contribution in [2.75, 3.05) is 21.0 Å². The maximum Gasteiger partial charge on any atom is 0.416 e. The Labute approximate surface area is 131 Å². The lowest BCUT2D eigenvalue weighted by atomic mass is 9.98. The number of hydrogen-bond acceptors (Lipinski definition) is 4. The van der Waals surface area contributed by atoms with Gasteiger partial charge in [0.25, 0.3) is 0 Å². The maximum absolute atomic E-state index is 13.0. The quantitative estimate of drug-likeness (QED) is 0.608. The number of allylic oxidation sites excluding steroid dienone is 1. The zero-order chi connectivity index (χ0) is 17.0. The zero-order valence-electron chi connectivity index (χ0n) is 12.8. The Kier molecular flexibility index (Phi) is 5.30. The number of alkyl halides is 3. The largest absolute Gasteiger partial charge is 0.467 e. The summed E-state index contributed by atoms with van der Waals surface area (Å²) in [6.45, 7) is -0.0980. The third-order valence-corrected chi connectivity index (χ3v) is 3.61. The van der Waals surface area contributed by atoms with Gasteiger partial charge < -0.3 is 14.2 Å². The van der Waals surface area contributed by atoms with E-state index in [2.05, 4.69) is 0 Å². The van der Waals surface area contributed by atoms with Crippen LogP contribution in [-0.4, -0.2) is 27.0 Å². The van der Waals surface area contributed by atoms with Crippen LogP contribution in [-0.2, 0) is 20.4 Å². The number of esters is 1. The van der Waals surface area contributed by atoms with Gasteiger partial charge in [-0.3, -0.25) is 0 Å². The lowest BCUT2D eigenvalue weighted by molar-refractivity contribution is -0.137. The Hall–Kier alpha value is -2.02. The van der Waals surface area contributed by atoms with Crippen molar-refractivity contribution in [3.8, 4) is 5.75 Å². The van der Waals surface area contributed by atoms with E-state index in [9.17, 15) is 18.0 Å². The molecule has 0 saturated carbocycles. The SMILES string of the molecule is COCOc1ccc(C(F)(F)F)cc1C1=C(C(=O)OC)CCC1. The van der Waals surface area contributed by atoms with E-state index in [1.54, 1.807) is 0 Å². The molecule has 1 aromatic rings. The number of carbonyl (C=O) groups excluding carboxylic acids is 1. The number of rotatable bonds is 5. The molecule has 0 amide bonds. The van der Waals surface area contributed by atoms with Crippen LogP contribution in [0.3, 0.4) is 0 Å². The molecule has 1 aliphatic carbocycles. The van der Waals surface area contributed by atoms with Crippen LogP contribution < -0.4 is 4.74 Å². The van der Waals surface area contributed by atoms with Crippen LogP contribution in [0.15, 0.2) is 23.8 Å². The van der Waals surface area contributed by atoms with Gasteiger partial charge in [-0.1, -0.05) is 0 Å². The highest BCUT2D eigenvalue weighted by molar-refractivity contribution is 5.99. The minimum Gasteiger partial charge on any atom is -0.467 e. The molecule has 0 unspecified atom stereocenters. The molecule has 1 aromatic carbocycles. The van der Waals surface area contributed by atoms with Crippen molar-refractivity contribution in [1.29, 1.82) is 0 Å². The molecule has 2 rings (SSSR count). The summed E-state index contributed by atoms with van der Waals surface area (Å²) in [6.07, 6.45) is -2.82. The van der Waals surface area contributed by atoms with Crippen LogP contribution >= 0.6 is 0 Å². The Morgan fingerprint density at radius 2 is 1.96 bits per heavy atom. The highest BCUT2D eigenvalue weighted by Gasteiger charge is 2.33. The fourth-order valence-corrected chi connectivity index (χ4v) is 2.58. The summed E-state index contributed by atoms with van der Waals surface area (Å²) in [7, 11) is 2.66. The van der Waals surface area contributed by atoms with E-state index in [0.717, 1.165) is 12.1 Å². The fraction of sp³-hybridized carbons (Fsp3) is 0.438. The lowest BCUT2D eigenvalue weighted by Gasteiger charge is -2.16. The van der Waals surface area contributed by atoms with Gasteiger partial charge in [0.15, 0.2) is 6.79 Å². The van der Waals surface area contributed by atoms with Crippen molar-refractivity contribution in [3.05, 3.63) is 34.9 Å². The zero-order valence-corrected chi connectivity index (χ0v) is 12.8. The third-order valence-electron chi connectivity index (χ3n) is 3.61. The smallest absolute Gasteiger partial charge is 0.416 e. The Morgan fingerprint density at radius 1 is 1.22 bits per heavy atom. The van der Waals surface area contributed by atoms with Crippen molar-refractivity contribution in [2.45, 2.75) is 25.4 Å². The van der Waals surface area contributed by atoms with Gasteiger partial charge in [-0.05, 0) is 43.0 Å². The summed E-state index contributed by atoms with van der Waals surface area (Å²) < 4.78 is 53.8. The van der Waals surface area contributed by atoms with Crippen LogP contribution in [0, 0.1) is 0 Å². The fourth-order valence-electron chi connectivity index (χ4n) is 2.58. The molecule has 0 fully saturated rings. The predicted molar refractivity (Wildman–Crippen MR) is 76.7 cm³/mol. The highest BCUT2D eigenvalue weighted by atomic mass is 19.4. The summed E-state index contributed by atoms with van der Waals surface area (Å²) in [5.74, 6) is -0.272. The summed E-state index contributed by atoms with van der Waals surface area (Å²) in [6, 6.07) is 3.20. The Bertz CT molecular complexity index is 620. The second-order valence-electron chi connectivity index (χ2n) is 5.06. The number of carbonyl (C=O) groups is 1. The highest BCUT2D eigenvalue weighted by Crippen LogP contribution is 2.41. The Morgan fingerprint density at radius 3 is 2.57 bits per heavy atom. The molecule has 126 valence electrons. The van der Waals surface area contributed by atoms with Crippen molar-refractivity contribution >= 4 is 11.5 Å². The van der Waals surface area contributed by atoms with Crippen LogP contribution in [0.1, 0.15) is 30.4 Å². The van der Waals surface area contributed by atoms with Crippen LogP contribution in [0.4, 0.5) is 13.2 Å². The van der Waals surface area contributed by atoms with Gasteiger partial charge in [0.1, 0.15) is 5.75 Å². The summed E-state index contributed by atoms with van der Waals surface area (Å²) >= 11 is 0. The monoisotopic (exact) mass is 330 g/mol. The molecule has 0 spiro atoms. The van der Waals surface area contributed by atoms with E-state index in [0.29, 0.717) is 30.4 Å². The molecule has 0 atom stereocenters. The summed E-state index contributed by atoms with van der Waals surface area (Å²) in [5, 5.41) is 0. The molecule has 0 bridgehead atoms. The molecule has 0 saturated heterocycles. The van der Waals surface area contributed by atoms with E-state index in [1.807, 2.05) is 0 Å². The van der Waals surface area contributed by atoms with Crippen molar-refractivity contribution < 1.29 is 32.2 Å². The molecule has 0 aromatic heterocycles. The van der Waals surface area contributed by atoms with Gasteiger partial charge in [0.05, 0.1) is 12.7 Å². The van der Waals surface area contributed by atoms with Gasteiger partial charge in [-0.2, -0.15) is 13.2 Å². The average Bonchev–Trinajstić information content (AvgIpc) is 3.00. The second kappa shape index (κ2) is 7.04. The van der Waals surface area contributed by atoms with E-state index >= 15 is 0 Å². The van der Waals surface area contributed by atoms with Gasteiger partial charge in [-0.15, -0.1) is 0 Å². The molecule has 0 aliphatic heterocycles. The molecule has 4 nitrogen and oxygen atoms in total. The minimum atomic E-state index is -4.47. The Balaban J connectivity index is 2.54. The number of halogens is 3. The molecule has 0 N–H and O–H groups in total. The molecule has 1 aliphatic rings. The predicted octanol–water partition coefficient (Wildman–Crippen LogP) is 3.80. The van der Waals surface area contributed by atoms with Gasteiger partial charge in [-0.25, -0.2) is 4.79 Å². The van der Waals surface area contributed by atoms with Crippen LogP contribution in [0.2, 0.25) is 0 Å². The number of methoxy groups -OCH3 is 2. The normalized spacial score (nSPS) is 15.0. The topological polar surface area (TPSA) is 44.8 Å². The van der Waals surface area contributed by atoms with E-state index < -0.39 is 17.7 Å². The maximum atomic E-state index is 13.0. The third kappa shape index (κ3) is 3.85. The standard InChI is InChI=1S/C16H17F3O4/c1-21-9-23-14-7-6-10(16(17,18)19)8-13(14)11-4-3-5-12(11)15(20)22-2/h6-8H,3-5,9H2,1-2H3. The van der Waals surface area contributed by atoms with Crippen LogP contribution in [0.5, 0.6) is 5.75 Å². The first-order valence-electron chi connectivity index (χ1n) is 7.02. The van der Waals surface area contributed by atoms with Crippen molar-refractivity contribution in [2.24, 2.45) is 0 Å². The number of ether oxygens (including phenoxy) is 3. The number of hydrogen-bond donors (Lipinski definition) is 0. The van der Waals surface area contributed by atoms with Gasteiger partial charge in [0, 0.05) is 18.2 Å². The van der Waals surface area contributed by atoms with Crippen molar-refractivity contribution in [1.82, 2.24) is 0 Å². The van der Waals surface area contributed by atoms with E-state index in [1.165, 1.54) is 20.3 Å². The van der Waals surface area contributed by atoms with Gasteiger partial charge >= 0.3 is 12.1 Å². The molecular formula is C16H17F3O4. The molecular weight excluding hydrogens is 313 g/mol. The van der Waals surface area contributed by atoms with Crippen molar-refractivity contribution in [3.63, 3.8) is 0 Å². The molecule has 0 heterocycles. The summed E-state index contributed by atoms with van der Waals surface area (Å²) in [5.41, 5.74) is 0.402. The average molecular weight is 330 g/mol. The minimum absolute atomic E-state index is 0.0980. The number of benzene rings is 1. The first kappa shape index (κ1) is 17.3. The van der Waals surface area contributed by atoms with E-state index in [4.69, 9.17) is 14.2 Å².